The molecule has 3 rings (SSSR count). The number of hydrogen-bond acceptors (Lipinski definition) is 2. The Balaban J connectivity index is 2.13. The lowest BCUT2D eigenvalue weighted by Gasteiger charge is -2.25. The molecule has 2 heteroatoms. The molecule has 1 aromatic heterocycles. The van der Waals surface area contributed by atoms with Gasteiger partial charge in [0, 0.05) is 17.6 Å². The minimum absolute atomic E-state index is 1.08. The number of nitrogens with zero attached hydrogens (tertiary/aromatic N) is 2. The van der Waals surface area contributed by atoms with Crippen molar-refractivity contribution in [1.82, 2.24) is 4.98 Å². The van der Waals surface area contributed by atoms with E-state index in [-0.39, 0.29) is 0 Å². The topological polar surface area (TPSA) is 16.1 Å². The van der Waals surface area contributed by atoms with E-state index in [0.717, 1.165) is 22.6 Å². The van der Waals surface area contributed by atoms with Crippen molar-refractivity contribution >= 4 is 17.1 Å². The van der Waals surface area contributed by atoms with Gasteiger partial charge >= 0.3 is 0 Å². The first-order chi connectivity index (χ1) is 10.6. The number of rotatable bonds is 3. The maximum atomic E-state index is 4.35. The Morgan fingerprint density at radius 1 is 0.591 bits per heavy atom. The minimum atomic E-state index is 1.08. The molecule has 22 heavy (non-hydrogen) atoms. The van der Waals surface area contributed by atoms with Crippen molar-refractivity contribution in [2.45, 2.75) is 20.8 Å². The van der Waals surface area contributed by atoms with Crippen LogP contribution in [-0.4, -0.2) is 4.98 Å². The zero-order chi connectivity index (χ0) is 15.5. The summed E-state index contributed by atoms with van der Waals surface area (Å²) in [6, 6.07) is 19.3. The van der Waals surface area contributed by atoms with Gasteiger partial charge in [-0.25, -0.2) is 0 Å². The van der Waals surface area contributed by atoms with E-state index in [9.17, 15) is 0 Å². The zero-order valence-corrected chi connectivity index (χ0v) is 13.2. The number of anilines is 3. The summed E-state index contributed by atoms with van der Waals surface area (Å²) in [4.78, 5) is 6.58. The first-order valence-corrected chi connectivity index (χ1v) is 7.48. The predicted molar refractivity (Wildman–Crippen MR) is 93.1 cm³/mol. The highest BCUT2D eigenvalue weighted by molar-refractivity contribution is 5.76. The van der Waals surface area contributed by atoms with Crippen molar-refractivity contribution in [2.24, 2.45) is 0 Å². The predicted octanol–water partition coefficient (Wildman–Crippen LogP) is 5.48. The lowest BCUT2D eigenvalue weighted by atomic mass is 10.1. The summed E-state index contributed by atoms with van der Waals surface area (Å²) < 4.78 is 0. The highest BCUT2D eigenvalue weighted by Gasteiger charge is 2.12. The largest absolute Gasteiger partial charge is 0.309 e. The number of hydrogen-bond donors (Lipinski definition) is 0. The van der Waals surface area contributed by atoms with Gasteiger partial charge in [0.25, 0.3) is 0 Å². The van der Waals surface area contributed by atoms with E-state index in [1.54, 1.807) is 0 Å². The molecule has 0 aliphatic carbocycles. The van der Waals surface area contributed by atoms with Gasteiger partial charge in [-0.05, 0) is 56.7 Å². The molecule has 3 aromatic rings. The first-order valence-electron chi connectivity index (χ1n) is 7.48. The van der Waals surface area contributed by atoms with Crippen molar-refractivity contribution in [3.63, 3.8) is 0 Å². The van der Waals surface area contributed by atoms with Gasteiger partial charge in [-0.15, -0.1) is 0 Å². The Hall–Kier alpha value is -2.61. The van der Waals surface area contributed by atoms with Gasteiger partial charge in [0.1, 0.15) is 0 Å². The SMILES string of the molecule is Cc1ccc(N(c2ccc(C)cc2)c2cncc(C)c2)cc1. The highest BCUT2D eigenvalue weighted by atomic mass is 15.1. The summed E-state index contributed by atoms with van der Waals surface area (Å²) in [5, 5.41) is 0. The van der Waals surface area contributed by atoms with Crippen molar-refractivity contribution in [3.8, 4) is 0 Å². The Bertz CT molecular complexity index is 713. The van der Waals surface area contributed by atoms with Crippen LogP contribution in [0, 0.1) is 20.8 Å². The van der Waals surface area contributed by atoms with Gasteiger partial charge in [0.05, 0.1) is 11.9 Å². The van der Waals surface area contributed by atoms with Crippen LogP contribution in [0.25, 0.3) is 0 Å². The van der Waals surface area contributed by atoms with Crippen molar-refractivity contribution in [1.29, 1.82) is 0 Å². The van der Waals surface area contributed by atoms with E-state index in [1.165, 1.54) is 11.1 Å². The molecule has 0 N–H and O–H groups in total. The van der Waals surface area contributed by atoms with Crippen LogP contribution in [0.15, 0.2) is 67.0 Å². The molecule has 0 unspecified atom stereocenters. The van der Waals surface area contributed by atoms with Gasteiger partial charge in [-0.1, -0.05) is 35.4 Å². The Labute approximate surface area is 132 Å². The molecule has 0 atom stereocenters. The van der Waals surface area contributed by atoms with E-state index >= 15 is 0 Å². The molecule has 2 aromatic carbocycles. The number of pyridine rings is 1. The van der Waals surface area contributed by atoms with Crippen LogP contribution in [-0.2, 0) is 0 Å². The lowest BCUT2D eigenvalue weighted by molar-refractivity contribution is 1.20. The van der Waals surface area contributed by atoms with Crippen LogP contribution < -0.4 is 4.90 Å². The molecule has 0 aliphatic heterocycles. The fraction of sp³-hybridized carbons (Fsp3) is 0.150. The van der Waals surface area contributed by atoms with E-state index in [2.05, 4.69) is 85.3 Å². The van der Waals surface area contributed by atoms with Gasteiger partial charge in [-0.3, -0.25) is 4.98 Å². The minimum Gasteiger partial charge on any atom is -0.309 e. The van der Waals surface area contributed by atoms with E-state index in [4.69, 9.17) is 0 Å². The van der Waals surface area contributed by atoms with Crippen molar-refractivity contribution in [3.05, 3.63) is 83.7 Å². The molecule has 0 fully saturated rings. The van der Waals surface area contributed by atoms with Crippen LogP contribution in [0.2, 0.25) is 0 Å². The van der Waals surface area contributed by atoms with E-state index in [1.807, 2.05) is 12.4 Å². The fourth-order valence-electron chi connectivity index (χ4n) is 2.50. The molecular formula is C20H20N2. The lowest BCUT2D eigenvalue weighted by Crippen LogP contribution is -2.10. The first kappa shape index (κ1) is 14.3. The van der Waals surface area contributed by atoms with Crippen LogP contribution in [0.4, 0.5) is 17.1 Å². The van der Waals surface area contributed by atoms with Gasteiger partial charge in [0.2, 0.25) is 0 Å². The highest BCUT2D eigenvalue weighted by Crippen LogP contribution is 2.34. The van der Waals surface area contributed by atoms with E-state index < -0.39 is 0 Å². The number of aromatic nitrogens is 1. The van der Waals surface area contributed by atoms with Crippen molar-refractivity contribution < 1.29 is 0 Å². The van der Waals surface area contributed by atoms with Gasteiger partial charge in [0.15, 0.2) is 0 Å². The normalized spacial score (nSPS) is 10.5. The third kappa shape index (κ3) is 3.01. The second-order valence-corrected chi connectivity index (χ2v) is 5.73. The average molecular weight is 288 g/mol. The molecule has 0 radical (unpaired) electrons. The summed E-state index contributed by atoms with van der Waals surface area (Å²) in [5.74, 6) is 0. The van der Waals surface area contributed by atoms with Gasteiger partial charge < -0.3 is 4.90 Å². The smallest absolute Gasteiger partial charge is 0.0647 e. The summed E-state index contributed by atoms with van der Waals surface area (Å²) in [6.45, 7) is 6.28. The molecule has 0 bridgehead atoms. The third-order valence-corrected chi connectivity index (χ3v) is 3.70. The second kappa shape index (κ2) is 6.02. The molecule has 0 spiro atoms. The Kier molecular flexibility index (Phi) is 3.92. The van der Waals surface area contributed by atoms with E-state index in [0.29, 0.717) is 0 Å². The maximum Gasteiger partial charge on any atom is 0.0647 e. The molecule has 0 aliphatic rings. The molecular weight excluding hydrogens is 268 g/mol. The Morgan fingerprint density at radius 3 is 1.55 bits per heavy atom. The van der Waals surface area contributed by atoms with Crippen LogP contribution in [0.5, 0.6) is 0 Å². The average Bonchev–Trinajstić information content (AvgIpc) is 2.51. The van der Waals surface area contributed by atoms with Crippen LogP contribution >= 0.6 is 0 Å². The summed E-state index contributed by atoms with van der Waals surface area (Å²) >= 11 is 0. The molecule has 0 amide bonds. The third-order valence-electron chi connectivity index (χ3n) is 3.70. The second-order valence-electron chi connectivity index (χ2n) is 5.73. The molecule has 1 heterocycles. The van der Waals surface area contributed by atoms with Crippen LogP contribution in [0.3, 0.4) is 0 Å². The number of benzene rings is 2. The summed E-state index contributed by atoms with van der Waals surface area (Å²) in [7, 11) is 0. The molecule has 2 nitrogen and oxygen atoms in total. The zero-order valence-electron chi connectivity index (χ0n) is 13.2. The van der Waals surface area contributed by atoms with Crippen molar-refractivity contribution in [2.75, 3.05) is 4.90 Å². The fourth-order valence-corrected chi connectivity index (χ4v) is 2.50. The number of aryl methyl sites for hydroxylation is 3. The summed E-state index contributed by atoms with van der Waals surface area (Å²) in [5.41, 5.74) is 7.03. The standard InChI is InChI=1S/C20H20N2/c1-15-4-8-18(9-5-15)22(19-10-6-16(2)7-11-19)20-12-17(3)13-21-14-20/h4-14H,1-3H3. The van der Waals surface area contributed by atoms with Crippen LogP contribution in [0.1, 0.15) is 16.7 Å². The quantitative estimate of drug-likeness (QED) is 0.634. The molecule has 0 saturated heterocycles. The Morgan fingerprint density at radius 2 is 1.09 bits per heavy atom. The summed E-state index contributed by atoms with van der Waals surface area (Å²) in [6.07, 6.45) is 3.79. The maximum absolute atomic E-state index is 4.35. The molecule has 110 valence electrons. The monoisotopic (exact) mass is 288 g/mol. The molecule has 0 saturated carbocycles. The van der Waals surface area contributed by atoms with Gasteiger partial charge in [-0.2, -0.15) is 0 Å².